The summed E-state index contributed by atoms with van der Waals surface area (Å²) in [6.07, 6.45) is 4.78. The Morgan fingerprint density at radius 2 is 1.44 bits per heavy atom. The molecule has 0 saturated carbocycles. The van der Waals surface area contributed by atoms with Gasteiger partial charge >= 0.3 is 0 Å². The van der Waals surface area contributed by atoms with Crippen molar-refractivity contribution in [2.45, 2.75) is 41.0 Å². The zero-order valence-corrected chi connectivity index (χ0v) is 28.7. The van der Waals surface area contributed by atoms with Crippen LogP contribution in [0.3, 0.4) is 0 Å². The number of nitrogens with zero attached hydrogens (tertiary/aromatic N) is 2. The van der Waals surface area contributed by atoms with E-state index in [9.17, 15) is 0 Å². The second kappa shape index (κ2) is 13.7. The van der Waals surface area contributed by atoms with Crippen LogP contribution in [0.1, 0.15) is 37.5 Å². The van der Waals surface area contributed by atoms with Gasteiger partial charge in [-0.05, 0) is 65.4 Å². The minimum absolute atomic E-state index is 0. The van der Waals surface area contributed by atoms with Gasteiger partial charge in [-0.15, -0.1) is 59.7 Å². The Morgan fingerprint density at radius 1 is 0.689 bits per heavy atom. The monoisotopic (exact) mass is 765 g/mol. The van der Waals surface area contributed by atoms with Gasteiger partial charge in [-0.3, -0.25) is 0 Å². The second-order valence-corrected chi connectivity index (χ2v) is 12.5. The molecule has 0 unspecified atom stereocenters. The van der Waals surface area contributed by atoms with Crippen LogP contribution in [0.5, 0.6) is 11.5 Å². The molecule has 0 saturated heterocycles. The van der Waals surface area contributed by atoms with Gasteiger partial charge in [-0.2, -0.15) is 0 Å². The van der Waals surface area contributed by atoms with Crippen molar-refractivity contribution < 1.29 is 24.8 Å². The molecule has 1 aliphatic rings. The van der Waals surface area contributed by atoms with Crippen LogP contribution < -0.4 is 4.74 Å². The zero-order chi connectivity index (χ0) is 30.7. The SMILES string of the molecule is Cc1ccc(-c2[c-]cccc2)nc1.Cc1cccc2c1Oc1c[c-]c(-c3cc(CC(C)(C)C)ccn3)cc1-c1ccccc1-2.[Ir]. The van der Waals surface area contributed by atoms with E-state index in [0.717, 1.165) is 57.1 Å². The smallest absolute Gasteiger partial charge is 0.125 e. The Morgan fingerprint density at radius 3 is 2.16 bits per heavy atom. The van der Waals surface area contributed by atoms with Crippen molar-refractivity contribution >= 4 is 0 Å². The molecule has 0 aliphatic carbocycles. The molecular formula is C41H36IrN2O-2. The first-order valence-electron chi connectivity index (χ1n) is 15.0. The largest absolute Gasteiger partial charge is 0.500 e. The Balaban J connectivity index is 0.000000240. The average Bonchev–Trinajstić information content (AvgIpc) is 3.17. The fraction of sp³-hybridized carbons (Fsp3) is 0.171. The van der Waals surface area contributed by atoms with Crippen molar-refractivity contribution in [2.24, 2.45) is 5.41 Å². The van der Waals surface area contributed by atoms with Crippen molar-refractivity contribution in [3.63, 3.8) is 0 Å². The fourth-order valence-corrected chi connectivity index (χ4v) is 5.51. The first-order chi connectivity index (χ1) is 21.2. The minimum atomic E-state index is 0. The summed E-state index contributed by atoms with van der Waals surface area (Å²) < 4.78 is 6.44. The number of rotatable bonds is 3. The van der Waals surface area contributed by atoms with E-state index in [0.29, 0.717) is 0 Å². The number of aromatic nitrogens is 2. The van der Waals surface area contributed by atoms with Crippen molar-refractivity contribution in [1.82, 2.24) is 9.97 Å². The van der Waals surface area contributed by atoms with Gasteiger partial charge in [-0.25, -0.2) is 0 Å². The fourth-order valence-electron chi connectivity index (χ4n) is 5.51. The maximum Gasteiger partial charge on any atom is 0.125 e. The van der Waals surface area contributed by atoms with Gasteiger partial charge in [0.05, 0.1) is 5.75 Å². The maximum absolute atomic E-state index is 6.44. The molecule has 0 bridgehead atoms. The number of benzene rings is 4. The van der Waals surface area contributed by atoms with Crippen molar-refractivity contribution in [2.75, 3.05) is 0 Å². The van der Waals surface area contributed by atoms with Crippen molar-refractivity contribution in [3.8, 4) is 56.3 Å². The van der Waals surface area contributed by atoms with E-state index in [1.54, 1.807) is 0 Å². The summed E-state index contributed by atoms with van der Waals surface area (Å²) in [6.45, 7) is 10.9. The Kier molecular flexibility index (Phi) is 9.77. The standard InChI is InChI=1S/C29H26NO.C12H10N.Ir/c1-19-8-7-11-24-22-9-5-6-10-23(22)25-17-21(12-13-27(25)31-28(19)24)26-16-20(14-15-30-26)18-29(2,3)4;1-10-7-8-12(13-9-10)11-5-3-2-4-6-11;/h5-11,13-17H,18H2,1-4H3;2-5,7-9H,1H3;/q2*-1;. The molecule has 7 rings (SSSR count). The number of ether oxygens (including phenoxy) is 1. The van der Waals surface area contributed by atoms with E-state index in [1.807, 2.05) is 55.7 Å². The van der Waals surface area contributed by atoms with Gasteiger partial charge in [0, 0.05) is 38.1 Å². The molecule has 4 aromatic carbocycles. The van der Waals surface area contributed by atoms with Gasteiger partial charge in [0.15, 0.2) is 0 Å². The maximum atomic E-state index is 6.44. The van der Waals surface area contributed by atoms with Crippen molar-refractivity contribution in [3.05, 3.63) is 144 Å². The summed E-state index contributed by atoms with van der Waals surface area (Å²) >= 11 is 0. The molecule has 6 aromatic rings. The predicted molar refractivity (Wildman–Crippen MR) is 181 cm³/mol. The first-order valence-corrected chi connectivity index (χ1v) is 15.0. The minimum Gasteiger partial charge on any atom is -0.500 e. The second-order valence-electron chi connectivity index (χ2n) is 12.5. The Hall–Kier alpha value is -4.37. The molecule has 45 heavy (non-hydrogen) atoms. The molecule has 0 fully saturated rings. The Labute approximate surface area is 280 Å². The molecule has 4 heteroatoms. The van der Waals surface area contributed by atoms with Gasteiger partial charge in [-0.1, -0.05) is 92.6 Å². The van der Waals surface area contributed by atoms with Crippen LogP contribution in [0, 0.1) is 31.4 Å². The molecule has 0 amide bonds. The molecule has 227 valence electrons. The number of aryl methyl sites for hydroxylation is 2. The summed E-state index contributed by atoms with van der Waals surface area (Å²) in [4.78, 5) is 8.97. The topological polar surface area (TPSA) is 35.0 Å². The quantitative estimate of drug-likeness (QED) is 0.168. The zero-order valence-electron chi connectivity index (χ0n) is 26.3. The van der Waals surface area contributed by atoms with Crippen molar-refractivity contribution in [1.29, 1.82) is 0 Å². The molecule has 1 aliphatic heterocycles. The average molecular weight is 765 g/mol. The van der Waals surface area contributed by atoms with Crippen LogP contribution in [0.2, 0.25) is 0 Å². The molecule has 1 radical (unpaired) electrons. The Bertz CT molecular complexity index is 1910. The molecular weight excluding hydrogens is 729 g/mol. The van der Waals surface area contributed by atoms with Crippen LogP contribution in [-0.4, -0.2) is 9.97 Å². The molecule has 2 aromatic heterocycles. The van der Waals surface area contributed by atoms with E-state index in [4.69, 9.17) is 4.74 Å². The number of hydrogen-bond acceptors (Lipinski definition) is 3. The van der Waals surface area contributed by atoms with E-state index in [2.05, 4.69) is 117 Å². The van der Waals surface area contributed by atoms with E-state index in [1.165, 1.54) is 22.3 Å². The number of hydrogen-bond donors (Lipinski definition) is 0. The molecule has 0 spiro atoms. The van der Waals surface area contributed by atoms with Crippen LogP contribution >= 0.6 is 0 Å². The normalized spacial score (nSPS) is 11.3. The van der Waals surface area contributed by atoms with Gasteiger partial charge in [0.25, 0.3) is 0 Å². The van der Waals surface area contributed by atoms with Gasteiger partial charge in [0.2, 0.25) is 0 Å². The van der Waals surface area contributed by atoms with Gasteiger partial charge < -0.3 is 14.7 Å². The first kappa shape index (κ1) is 32.0. The number of fused-ring (bicyclic) bond motifs is 5. The third kappa shape index (κ3) is 7.48. The summed E-state index contributed by atoms with van der Waals surface area (Å²) in [5, 5.41) is 0. The summed E-state index contributed by atoms with van der Waals surface area (Å²) in [7, 11) is 0. The van der Waals surface area contributed by atoms with E-state index < -0.39 is 0 Å². The van der Waals surface area contributed by atoms with Crippen LogP contribution in [-0.2, 0) is 26.5 Å². The summed E-state index contributed by atoms with van der Waals surface area (Å²) in [5.74, 6) is 1.75. The van der Waals surface area contributed by atoms with Crippen LogP contribution in [0.15, 0.2) is 116 Å². The number of pyridine rings is 2. The third-order valence-corrected chi connectivity index (χ3v) is 7.58. The predicted octanol–water partition coefficient (Wildman–Crippen LogP) is 10.7. The van der Waals surface area contributed by atoms with Crippen LogP contribution in [0.4, 0.5) is 0 Å². The van der Waals surface area contributed by atoms with Crippen LogP contribution in [0.25, 0.3) is 44.8 Å². The summed E-state index contributed by atoms with van der Waals surface area (Å²) in [5.41, 5.74) is 12.3. The number of para-hydroxylation sites is 1. The third-order valence-electron chi connectivity index (χ3n) is 7.58. The molecule has 0 atom stereocenters. The molecule has 0 N–H and O–H groups in total. The van der Waals surface area contributed by atoms with E-state index >= 15 is 0 Å². The summed E-state index contributed by atoms with van der Waals surface area (Å²) in [6, 6.07) is 41.7. The molecule has 3 nitrogen and oxygen atoms in total. The van der Waals surface area contributed by atoms with E-state index in [-0.39, 0.29) is 25.5 Å². The molecule has 3 heterocycles. The van der Waals surface area contributed by atoms with Gasteiger partial charge in [0.1, 0.15) is 5.75 Å².